The van der Waals surface area contributed by atoms with Gasteiger partial charge in [0.1, 0.15) is 0 Å². The molecule has 26 heavy (non-hydrogen) atoms. The fraction of sp³-hybridized carbons (Fsp3) is 0.0476. The second-order valence-electron chi connectivity index (χ2n) is 5.71. The molecule has 1 amide bonds. The van der Waals surface area contributed by atoms with Gasteiger partial charge in [-0.1, -0.05) is 36.4 Å². The SMILES string of the molecule is N#Cc1ccc(CNC(=O)c2cccc(-c3ccc(SN)cc3)c2)cc1. The van der Waals surface area contributed by atoms with Gasteiger partial charge in [0.05, 0.1) is 11.6 Å². The molecule has 128 valence electrons. The summed E-state index contributed by atoms with van der Waals surface area (Å²) in [6.07, 6.45) is 0. The number of nitriles is 1. The van der Waals surface area contributed by atoms with Crippen LogP contribution in [0.2, 0.25) is 0 Å². The number of nitrogens with two attached hydrogens (primary N) is 1. The van der Waals surface area contributed by atoms with Gasteiger partial charge in [-0.2, -0.15) is 5.26 Å². The van der Waals surface area contributed by atoms with Gasteiger partial charge < -0.3 is 5.32 Å². The number of hydrogen-bond acceptors (Lipinski definition) is 4. The summed E-state index contributed by atoms with van der Waals surface area (Å²) >= 11 is 1.21. The minimum Gasteiger partial charge on any atom is -0.348 e. The van der Waals surface area contributed by atoms with Gasteiger partial charge in [-0.25, -0.2) is 0 Å². The van der Waals surface area contributed by atoms with Crippen molar-refractivity contribution >= 4 is 17.9 Å². The molecule has 0 aliphatic carbocycles. The molecule has 0 saturated carbocycles. The van der Waals surface area contributed by atoms with Gasteiger partial charge >= 0.3 is 0 Å². The standard InChI is InChI=1S/C21H17N3OS/c22-13-15-4-6-16(7-5-15)14-24-21(25)19-3-1-2-18(12-19)17-8-10-20(26-23)11-9-17/h1-12H,14,23H2,(H,24,25). The van der Waals surface area contributed by atoms with E-state index in [1.54, 1.807) is 18.2 Å². The lowest BCUT2D eigenvalue weighted by Crippen LogP contribution is -2.22. The monoisotopic (exact) mass is 359 g/mol. The second-order valence-corrected chi connectivity index (χ2v) is 6.42. The molecule has 0 spiro atoms. The maximum Gasteiger partial charge on any atom is 0.251 e. The number of benzene rings is 3. The maximum absolute atomic E-state index is 12.4. The molecule has 0 aliphatic heterocycles. The van der Waals surface area contributed by atoms with Crippen molar-refractivity contribution in [3.8, 4) is 17.2 Å². The van der Waals surface area contributed by atoms with Crippen LogP contribution >= 0.6 is 11.9 Å². The van der Waals surface area contributed by atoms with Gasteiger partial charge in [0.15, 0.2) is 0 Å². The third-order valence-electron chi connectivity index (χ3n) is 3.98. The highest BCUT2D eigenvalue weighted by atomic mass is 32.2. The molecule has 0 saturated heterocycles. The number of amides is 1. The van der Waals surface area contributed by atoms with Crippen LogP contribution in [-0.4, -0.2) is 5.91 Å². The van der Waals surface area contributed by atoms with Gasteiger partial charge in [-0.3, -0.25) is 9.93 Å². The van der Waals surface area contributed by atoms with E-state index in [4.69, 9.17) is 10.4 Å². The van der Waals surface area contributed by atoms with Crippen LogP contribution in [-0.2, 0) is 6.54 Å². The number of nitrogens with zero attached hydrogens (tertiary/aromatic N) is 1. The van der Waals surface area contributed by atoms with Gasteiger partial charge in [-0.15, -0.1) is 0 Å². The Hall–Kier alpha value is -3.07. The Balaban J connectivity index is 1.70. The molecule has 4 nitrogen and oxygen atoms in total. The fourth-order valence-electron chi connectivity index (χ4n) is 2.55. The van der Waals surface area contributed by atoms with Crippen LogP contribution in [0.4, 0.5) is 0 Å². The minimum absolute atomic E-state index is 0.134. The lowest BCUT2D eigenvalue weighted by Gasteiger charge is -2.08. The highest BCUT2D eigenvalue weighted by Crippen LogP contribution is 2.23. The van der Waals surface area contributed by atoms with Crippen LogP contribution in [0, 0.1) is 11.3 Å². The van der Waals surface area contributed by atoms with E-state index in [2.05, 4.69) is 11.4 Å². The fourth-order valence-corrected chi connectivity index (χ4v) is 2.84. The summed E-state index contributed by atoms with van der Waals surface area (Å²) in [6.45, 7) is 0.414. The first-order chi connectivity index (χ1) is 12.7. The van der Waals surface area contributed by atoms with E-state index in [9.17, 15) is 4.79 Å². The van der Waals surface area contributed by atoms with E-state index < -0.39 is 0 Å². The van der Waals surface area contributed by atoms with Crippen molar-refractivity contribution in [2.75, 3.05) is 0 Å². The topological polar surface area (TPSA) is 78.9 Å². The Morgan fingerprint density at radius 1 is 1.00 bits per heavy atom. The number of carbonyl (C=O) groups is 1. The van der Waals surface area contributed by atoms with Crippen LogP contribution < -0.4 is 10.5 Å². The zero-order valence-electron chi connectivity index (χ0n) is 14.0. The van der Waals surface area contributed by atoms with Crippen LogP contribution in [0.25, 0.3) is 11.1 Å². The molecule has 3 aromatic carbocycles. The van der Waals surface area contributed by atoms with Gasteiger partial charge in [-0.05, 0) is 65.0 Å². The molecule has 0 unspecified atom stereocenters. The Labute approximate surface area is 156 Å². The van der Waals surface area contributed by atoms with Crippen molar-refractivity contribution in [1.29, 1.82) is 5.26 Å². The maximum atomic E-state index is 12.4. The quantitative estimate of drug-likeness (QED) is 0.672. The molecule has 0 heterocycles. The van der Waals surface area contributed by atoms with Crippen LogP contribution in [0.15, 0.2) is 77.7 Å². The van der Waals surface area contributed by atoms with E-state index in [0.29, 0.717) is 17.7 Å². The molecule has 0 bridgehead atoms. The summed E-state index contributed by atoms with van der Waals surface area (Å²) in [7, 11) is 0. The molecular formula is C21H17N3OS. The first kappa shape index (κ1) is 17.7. The van der Waals surface area contributed by atoms with Crippen LogP contribution in [0.1, 0.15) is 21.5 Å². The van der Waals surface area contributed by atoms with Crippen molar-refractivity contribution in [3.63, 3.8) is 0 Å². The van der Waals surface area contributed by atoms with Crippen molar-refractivity contribution < 1.29 is 4.79 Å². The summed E-state index contributed by atoms with van der Waals surface area (Å²) in [5, 5.41) is 17.3. The van der Waals surface area contributed by atoms with Crippen LogP contribution in [0.3, 0.4) is 0 Å². The zero-order valence-corrected chi connectivity index (χ0v) is 14.8. The van der Waals surface area contributed by atoms with Crippen molar-refractivity contribution in [1.82, 2.24) is 5.32 Å². The average Bonchev–Trinajstić information content (AvgIpc) is 2.72. The van der Waals surface area contributed by atoms with E-state index in [0.717, 1.165) is 21.6 Å². The van der Waals surface area contributed by atoms with Gasteiger partial charge in [0.2, 0.25) is 0 Å². The molecule has 3 N–H and O–H groups in total. The van der Waals surface area contributed by atoms with Crippen molar-refractivity contribution in [3.05, 3.63) is 89.5 Å². The first-order valence-corrected chi connectivity index (χ1v) is 8.92. The summed E-state index contributed by atoms with van der Waals surface area (Å²) in [4.78, 5) is 13.4. The molecular weight excluding hydrogens is 342 g/mol. The zero-order chi connectivity index (χ0) is 18.4. The lowest BCUT2D eigenvalue weighted by molar-refractivity contribution is 0.0951. The summed E-state index contributed by atoms with van der Waals surface area (Å²) < 4.78 is 0. The molecule has 5 heteroatoms. The van der Waals surface area contributed by atoms with Crippen LogP contribution in [0.5, 0.6) is 0 Å². The number of rotatable bonds is 5. The molecule has 0 fully saturated rings. The smallest absolute Gasteiger partial charge is 0.251 e. The Morgan fingerprint density at radius 2 is 1.73 bits per heavy atom. The molecule has 0 atom stereocenters. The molecule has 0 radical (unpaired) electrons. The highest BCUT2D eigenvalue weighted by Gasteiger charge is 2.07. The third kappa shape index (κ3) is 4.31. The number of carbonyl (C=O) groups excluding carboxylic acids is 1. The molecule has 3 aromatic rings. The van der Waals surface area contributed by atoms with Gasteiger partial charge in [0.25, 0.3) is 5.91 Å². The minimum atomic E-state index is -0.134. The largest absolute Gasteiger partial charge is 0.348 e. The normalized spacial score (nSPS) is 10.2. The third-order valence-corrected chi connectivity index (χ3v) is 4.53. The highest BCUT2D eigenvalue weighted by molar-refractivity contribution is 7.97. The number of nitrogens with one attached hydrogen (secondary N) is 1. The first-order valence-electron chi connectivity index (χ1n) is 8.04. The average molecular weight is 359 g/mol. The van der Waals surface area contributed by atoms with Crippen molar-refractivity contribution in [2.24, 2.45) is 5.14 Å². The Bertz CT molecular complexity index is 944. The summed E-state index contributed by atoms with van der Waals surface area (Å²) in [5.74, 6) is -0.134. The predicted molar refractivity (Wildman–Crippen MR) is 104 cm³/mol. The molecule has 0 aliphatic rings. The molecule has 0 aromatic heterocycles. The number of hydrogen-bond donors (Lipinski definition) is 2. The van der Waals surface area contributed by atoms with Gasteiger partial charge in [0, 0.05) is 17.0 Å². The summed E-state index contributed by atoms with van der Waals surface area (Å²) in [5.41, 5.74) is 4.16. The second kappa shape index (κ2) is 8.34. The van der Waals surface area contributed by atoms with E-state index >= 15 is 0 Å². The Kier molecular flexibility index (Phi) is 5.69. The Morgan fingerprint density at radius 3 is 2.38 bits per heavy atom. The predicted octanol–water partition coefficient (Wildman–Crippen LogP) is 4.12. The van der Waals surface area contributed by atoms with E-state index in [1.165, 1.54) is 11.9 Å². The van der Waals surface area contributed by atoms with E-state index in [-0.39, 0.29) is 5.91 Å². The van der Waals surface area contributed by atoms with Crippen molar-refractivity contribution in [2.45, 2.75) is 11.4 Å². The van der Waals surface area contributed by atoms with E-state index in [1.807, 2.05) is 54.6 Å². The summed E-state index contributed by atoms with van der Waals surface area (Å²) in [6, 6.07) is 24.6. The lowest BCUT2D eigenvalue weighted by atomic mass is 10.0. The molecule has 3 rings (SSSR count).